The van der Waals surface area contributed by atoms with Crippen LogP contribution in [0.25, 0.3) is 0 Å². The molecule has 0 aromatic carbocycles. The number of hydrogen-bond acceptors (Lipinski definition) is 3. The van der Waals surface area contributed by atoms with Gasteiger partial charge in [-0.1, -0.05) is 0 Å². The zero-order valence-electron chi connectivity index (χ0n) is 9.11. The van der Waals surface area contributed by atoms with Crippen LogP contribution >= 0.6 is 0 Å². The first-order valence-corrected chi connectivity index (χ1v) is 5.87. The summed E-state index contributed by atoms with van der Waals surface area (Å²) >= 11 is 0. The van der Waals surface area contributed by atoms with Gasteiger partial charge in [0, 0.05) is 26.1 Å². The standard InChI is InChI=1S/C11H19NO3/c13-10-4-3-6-12(10)7-9-15-11-5-1-2-8-14-11/h11H,1-9H2. The van der Waals surface area contributed by atoms with Crippen molar-refractivity contribution in [3.05, 3.63) is 0 Å². The summed E-state index contributed by atoms with van der Waals surface area (Å²) in [5, 5.41) is 0. The number of likely N-dealkylation sites (tertiary alicyclic amines) is 1. The van der Waals surface area contributed by atoms with Crippen molar-refractivity contribution in [1.82, 2.24) is 4.90 Å². The highest BCUT2D eigenvalue weighted by Crippen LogP contribution is 2.14. The topological polar surface area (TPSA) is 38.8 Å². The van der Waals surface area contributed by atoms with Crippen LogP contribution in [0.3, 0.4) is 0 Å². The zero-order valence-corrected chi connectivity index (χ0v) is 9.11. The normalized spacial score (nSPS) is 27.3. The second-order valence-electron chi connectivity index (χ2n) is 4.15. The molecule has 0 aromatic heterocycles. The summed E-state index contributed by atoms with van der Waals surface area (Å²) in [5.74, 6) is 0.267. The quantitative estimate of drug-likeness (QED) is 0.703. The molecule has 1 amide bonds. The third kappa shape index (κ3) is 3.18. The Balaban J connectivity index is 1.59. The maximum Gasteiger partial charge on any atom is 0.222 e. The molecule has 0 N–H and O–H groups in total. The Morgan fingerprint density at radius 2 is 2.33 bits per heavy atom. The molecule has 2 aliphatic heterocycles. The second kappa shape index (κ2) is 5.47. The van der Waals surface area contributed by atoms with E-state index in [1.54, 1.807) is 0 Å². The lowest BCUT2D eigenvalue weighted by molar-refractivity contribution is -0.165. The van der Waals surface area contributed by atoms with Gasteiger partial charge in [-0.2, -0.15) is 0 Å². The van der Waals surface area contributed by atoms with Crippen molar-refractivity contribution in [1.29, 1.82) is 0 Å². The molecule has 2 aliphatic rings. The van der Waals surface area contributed by atoms with E-state index in [2.05, 4.69) is 0 Å². The van der Waals surface area contributed by atoms with Crippen molar-refractivity contribution in [2.45, 2.75) is 38.4 Å². The Labute approximate surface area is 90.5 Å². The predicted octanol–water partition coefficient (Wildman–Crippen LogP) is 1.15. The van der Waals surface area contributed by atoms with Crippen LogP contribution in [0.4, 0.5) is 0 Å². The summed E-state index contributed by atoms with van der Waals surface area (Å²) in [5.41, 5.74) is 0. The molecule has 1 atom stereocenters. The van der Waals surface area contributed by atoms with Gasteiger partial charge in [0.15, 0.2) is 6.29 Å². The SMILES string of the molecule is O=C1CCCN1CCOC1CCCCO1. The molecule has 0 spiro atoms. The first-order chi connectivity index (χ1) is 7.36. The lowest BCUT2D eigenvalue weighted by atomic mass is 10.2. The van der Waals surface area contributed by atoms with E-state index in [0.717, 1.165) is 39.0 Å². The lowest BCUT2D eigenvalue weighted by Gasteiger charge is -2.24. The third-order valence-electron chi connectivity index (χ3n) is 2.97. The Hall–Kier alpha value is -0.610. The third-order valence-corrected chi connectivity index (χ3v) is 2.97. The van der Waals surface area contributed by atoms with Crippen LogP contribution in [-0.2, 0) is 14.3 Å². The van der Waals surface area contributed by atoms with E-state index < -0.39 is 0 Å². The molecule has 4 heteroatoms. The Morgan fingerprint density at radius 1 is 1.40 bits per heavy atom. The Morgan fingerprint density at radius 3 is 3.00 bits per heavy atom. The monoisotopic (exact) mass is 213 g/mol. The van der Waals surface area contributed by atoms with Crippen molar-refractivity contribution in [2.75, 3.05) is 26.3 Å². The Kier molecular flexibility index (Phi) is 3.97. The summed E-state index contributed by atoms with van der Waals surface area (Å²) in [6.45, 7) is 3.04. The van der Waals surface area contributed by atoms with E-state index in [0.29, 0.717) is 13.0 Å². The summed E-state index contributed by atoms with van der Waals surface area (Å²) < 4.78 is 11.0. The predicted molar refractivity (Wildman–Crippen MR) is 55.4 cm³/mol. The van der Waals surface area contributed by atoms with Crippen LogP contribution in [0.1, 0.15) is 32.1 Å². The second-order valence-corrected chi connectivity index (χ2v) is 4.15. The molecule has 2 rings (SSSR count). The van der Waals surface area contributed by atoms with Crippen molar-refractivity contribution < 1.29 is 14.3 Å². The van der Waals surface area contributed by atoms with Gasteiger partial charge in [0.25, 0.3) is 0 Å². The number of nitrogens with zero attached hydrogens (tertiary/aromatic N) is 1. The molecule has 86 valence electrons. The molecule has 2 fully saturated rings. The molecule has 1 unspecified atom stereocenters. The van der Waals surface area contributed by atoms with Gasteiger partial charge < -0.3 is 14.4 Å². The molecule has 0 aromatic rings. The fourth-order valence-corrected chi connectivity index (χ4v) is 2.08. The molecule has 0 radical (unpaired) electrons. The average molecular weight is 213 g/mol. The van der Waals surface area contributed by atoms with Crippen molar-refractivity contribution in [2.24, 2.45) is 0 Å². The summed E-state index contributed by atoms with van der Waals surface area (Å²) in [6.07, 6.45) is 5.00. The van der Waals surface area contributed by atoms with Gasteiger partial charge in [0.05, 0.1) is 6.61 Å². The summed E-state index contributed by atoms with van der Waals surface area (Å²) in [4.78, 5) is 13.2. The van der Waals surface area contributed by atoms with E-state index in [1.165, 1.54) is 6.42 Å². The van der Waals surface area contributed by atoms with Gasteiger partial charge in [0.1, 0.15) is 0 Å². The van der Waals surface area contributed by atoms with Crippen LogP contribution in [-0.4, -0.2) is 43.4 Å². The van der Waals surface area contributed by atoms with Gasteiger partial charge >= 0.3 is 0 Å². The van der Waals surface area contributed by atoms with Crippen LogP contribution in [0.5, 0.6) is 0 Å². The molecular formula is C11H19NO3. The van der Waals surface area contributed by atoms with Crippen LogP contribution in [0.15, 0.2) is 0 Å². The number of amides is 1. The molecule has 4 nitrogen and oxygen atoms in total. The molecule has 0 bridgehead atoms. The van der Waals surface area contributed by atoms with Gasteiger partial charge in [-0.15, -0.1) is 0 Å². The van der Waals surface area contributed by atoms with Crippen molar-refractivity contribution >= 4 is 5.91 Å². The minimum absolute atomic E-state index is 0.0311. The van der Waals surface area contributed by atoms with E-state index in [4.69, 9.17) is 9.47 Å². The largest absolute Gasteiger partial charge is 0.353 e. The molecule has 0 saturated carbocycles. The highest BCUT2D eigenvalue weighted by Gasteiger charge is 2.20. The highest BCUT2D eigenvalue weighted by molar-refractivity contribution is 5.77. The zero-order chi connectivity index (χ0) is 10.5. The van der Waals surface area contributed by atoms with Crippen LogP contribution in [0, 0.1) is 0 Å². The van der Waals surface area contributed by atoms with E-state index >= 15 is 0 Å². The van der Waals surface area contributed by atoms with Crippen LogP contribution in [0.2, 0.25) is 0 Å². The van der Waals surface area contributed by atoms with Gasteiger partial charge in [0.2, 0.25) is 5.91 Å². The van der Waals surface area contributed by atoms with E-state index in [1.807, 2.05) is 4.90 Å². The number of carbonyl (C=O) groups is 1. The number of carbonyl (C=O) groups excluding carboxylic acids is 1. The molecule has 2 heterocycles. The number of ether oxygens (including phenoxy) is 2. The van der Waals surface area contributed by atoms with Gasteiger partial charge in [-0.25, -0.2) is 0 Å². The van der Waals surface area contributed by atoms with Gasteiger partial charge in [-0.05, 0) is 25.7 Å². The minimum atomic E-state index is -0.0311. The fraction of sp³-hybridized carbons (Fsp3) is 0.909. The summed E-state index contributed by atoms with van der Waals surface area (Å²) in [6, 6.07) is 0. The van der Waals surface area contributed by atoms with E-state index in [9.17, 15) is 4.79 Å². The lowest BCUT2D eigenvalue weighted by Crippen LogP contribution is -2.31. The Bertz CT molecular complexity index is 214. The van der Waals surface area contributed by atoms with Gasteiger partial charge in [-0.3, -0.25) is 4.79 Å². The smallest absolute Gasteiger partial charge is 0.222 e. The molecular weight excluding hydrogens is 194 g/mol. The van der Waals surface area contributed by atoms with E-state index in [-0.39, 0.29) is 12.2 Å². The first kappa shape index (κ1) is 10.9. The number of rotatable bonds is 4. The van der Waals surface area contributed by atoms with Crippen molar-refractivity contribution in [3.8, 4) is 0 Å². The van der Waals surface area contributed by atoms with Crippen LogP contribution < -0.4 is 0 Å². The molecule has 2 saturated heterocycles. The maximum absolute atomic E-state index is 11.3. The minimum Gasteiger partial charge on any atom is -0.353 e. The molecule has 15 heavy (non-hydrogen) atoms. The van der Waals surface area contributed by atoms with Crippen molar-refractivity contribution in [3.63, 3.8) is 0 Å². The first-order valence-electron chi connectivity index (χ1n) is 5.87. The average Bonchev–Trinajstić information content (AvgIpc) is 2.66. The fourth-order valence-electron chi connectivity index (χ4n) is 2.08. The highest BCUT2D eigenvalue weighted by atomic mass is 16.7. The molecule has 0 aliphatic carbocycles. The summed E-state index contributed by atoms with van der Waals surface area (Å²) in [7, 11) is 0. The maximum atomic E-state index is 11.3. The number of hydrogen-bond donors (Lipinski definition) is 0.